The highest BCUT2D eigenvalue weighted by Crippen LogP contribution is 2.27. The Morgan fingerprint density at radius 1 is 1.11 bits per heavy atom. The van der Waals surface area contributed by atoms with Gasteiger partial charge in [0.1, 0.15) is 0 Å². The van der Waals surface area contributed by atoms with Crippen LogP contribution in [0.5, 0.6) is 0 Å². The normalized spacial score (nSPS) is 16.8. The van der Waals surface area contributed by atoms with Crippen molar-refractivity contribution in [3.05, 3.63) is 0 Å². The minimum absolute atomic E-state index is 0.0190. The fraction of sp³-hybridized carbons (Fsp3) is 0.846. The lowest BCUT2D eigenvalue weighted by Gasteiger charge is -2.44. The molecule has 0 bridgehead atoms. The van der Waals surface area contributed by atoms with Crippen LogP contribution in [0.4, 0.5) is 0 Å². The van der Waals surface area contributed by atoms with Crippen LogP contribution in [-0.2, 0) is 19.1 Å². The Morgan fingerprint density at radius 2 is 1.56 bits per heavy atom. The Kier molecular flexibility index (Phi) is 5.59. The van der Waals surface area contributed by atoms with Gasteiger partial charge in [-0.15, -0.1) is 0 Å². The van der Waals surface area contributed by atoms with Gasteiger partial charge < -0.3 is 14.4 Å². The summed E-state index contributed by atoms with van der Waals surface area (Å²) in [4.78, 5) is 25.9. The molecule has 5 heteroatoms. The number of esters is 2. The largest absolute Gasteiger partial charge is 0.465 e. The second-order valence-electron chi connectivity index (χ2n) is 4.79. The molecule has 0 spiro atoms. The first kappa shape index (κ1) is 15.0. The average Bonchev–Trinajstić information content (AvgIpc) is 2.22. The van der Waals surface area contributed by atoms with Crippen molar-refractivity contribution in [1.29, 1.82) is 0 Å². The van der Waals surface area contributed by atoms with Crippen molar-refractivity contribution >= 4 is 11.9 Å². The smallest absolute Gasteiger partial charge is 0.320 e. The Labute approximate surface area is 108 Å². The van der Waals surface area contributed by atoms with E-state index >= 15 is 0 Å². The first-order chi connectivity index (χ1) is 8.51. The zero-order chi connectivity index (χ0) is 13.7. The van der Waals surface area contributed by atoms with Gasteiger partial charge >= 0.3 is 11.9 Å². The van der Waals surface area contributed by atoms with Crippen LogP contribution in [0.2, 0.25) is 0 Å². The molecule has 1 aliphatic heterocycles. The van der Waals surface area contributed by atoms with Crippen molar-refractivity contribution in [3.8, 4) is 0 Å². The van der Waals surface area contributed by atoms with Gasteiger partial charge in [-0.2, -0.15) is 0 Å². The fourth-order valence-corrected chi connectivity index (χ4v) is 2.13. The number of carbonyl (C=O) groups is 2. The summed E-state index contributed by atoms with van der Waals surface area (Å²) in [7, 11) is 0. The highest BCUT2D eigenvalue weighted by atomic mass is 16.6. The van der Waals surface area contributed by atoms with E-state index in [1.165, 1.54) is 0 Å². The standard InChI is InChI=1S/C13H23NO4/c1-5-17-12(15)11(13(16)18-6-2)10-7-14(8-10)9(3)4/h9-11H,5-8H2,1-4H3. The highest BCUT2D eigenvalue weighted by Gasteiger charge is 2.44. The zero-order valence-corrected chi connectivity index (χ0v) is 11.6. The number of likely N-dealkylation sites (tertiary alicyclic amines) is 1. The number of nitrogens with zero attached hydrogens (tertiary/aromatic N) is 1. The summed E-state index contributed by atoms with van der Waals surface area (Å²) in [5.41, 5.74) is 0. The quantitative estimate of drug-likeness (QED) is 0.526. The second-order valence-corrected chi connectivity index (χ2v) is 4.79. The molecule has 0 amide bonds. The summed E-state index contributed by atoms with van der Waals surface area (Å²) >= 11 is 0. The summed E-state index contributed by atoms with van der Waals surface area (Å²) in [6.07, 6.45) is 0. The fourth-order valence-electron chi connectivity index (χ4n) is 2.13. The molecular weight excluding hydrogens is 234 g/mol. The maximum absolute atomic E-state index is 11.8. The topological polar surface area (TPSA) is 55.8 Å². The van der Waals surface area contributed by atoms with Gasteiger partial charge in [-0.05, 0) is 27.7 Å². The van der Waals surface area contributed by atoms with Crippen molar-refractivity contribution in [1.82, 2.24) is 4.90 Å². The number of hydrogen-bond acceptors (Lipinski definition) is 5. The van der Waals surface area contributed by atoms with Crippen molar-refractivity contribution in [2.75, 3.05) is 26.3 Å². The molecule has 0 atom stereocenters. The van der Waals surface area contributed by atoms with Crippen LogP contribution in [-0.4, -0.2) is 49.2 Å². The molecule has 0 unspecified atom stereocenters. The molecule has 5 nitrogen and oxygen atoms in total. The van der Waals surface area contributed by atoms with E-state index in [-0.39, 0.29) is 19.1 Å². The Hall–Kier alpha value is -1.10. The SMILES string of the molecule is CCOC(=O)C(C(=O)OCC)C1CN(C(C)C)C1. The molecular formula is C13H23NO4. The molecule has 104 valence electrons. The van der Waals surface area contributed by atoms with E-state index in [4.69, 9.17) is 9.47 Å². The molecule has 1 saturated heterocycles. The number of rotatable bonds is 6. The first-order valence-corrected chi connectivity index (χ1v) is 6.58. The maximum Gasteiger partial charge on any atom is 0.320 e. The van der Waals surface area contributed by atoms with Crippen LogP contribution in [0, 0.1) is 11.8 Å². The third kappa shape index (κ3) is 3.45. The lowest BCUT2D eigenvalue weighted by atomic mass is 9.85. The van der Waals surface area contributed by atoms with Crippen LogP contribution < -0.4 is 0 Å². The van der Waals surface area contributed by atoms with E-state index in [0.717, 1.165) is 13.1 Å². The second kappa shape index (κ2) is 6.73. The minimum atomic E-state index is -0.764. The third-order valence-electron chi connectivity index (χ3n) is 3.22. The maximum atomic E-state index is 11.8. The predicted molar refractivity (Wildman–Crippen MR) is 67.0 cm³/mol. The van der Waals surface area contributed by atoms with E-state index in [2.05, 4.69) is 18.7 Å². The van der Waals surface area contributed by atoms with E-state index in [1.807, 2.05) is 0 Å². The van der Waals surface area contributed by atoms with Crippen molar-refractivity contribution in [2.45, 2.75) is 33.7 Å². The van der Waals surface area contributed by atoms with Gasteiger partial charge in [0.25, 0.3) is 0 Å². The van der Waals surface area contributed by atoms with Gasteiger partial charge in [0, 0.05) is 25.0 Å². The minimum Gasteiger partial charge on any atom is -0.465 e. The van der Waals surface area contributed by atoms with Crippen molar-refractivity contribution < 1.29 is 19.1 Å². The first-order valence-electron chi connectivity index (χ1n) is 6.58. The number of ether oxygens (including phenoxy) is 2. The molecule has 0 saturated carbocycles. The van der Waals surface area contributed by atoms with Gasteiger partial charge in [0.05, 0.1) is 13.2 Å². The molecule has 0 aromatic heterocycles. The van der Waals surface area contributed by atoms with Crippen molar-refractivity contribution in [2.24, 2.45) is 11.8 Å². The molecule has 0 N–H and O–H groups in total. The molecule has 1 fully saturated rings. The van der Waals surface area contributed by atoms with Gasteiger partial charge in [-0.1, -0.05) is 0 Å². The number of hydrogen-bond donors (Lipinski definition) is 0. The van der Waals surface area contributed by atoms with E-state index in [1.54, 1.807) is 13.8 Å². The van der Waals surface area contributed by atoms with Crippen LogP contribution >= 0.6 is 0 Å². The Bertz CT molecular complexity index is 279. The molecule has 0 aromatic rings. The molecule has 0 radical (unpaired) electrons. The van der Waals surface area contributed by atoms with E-state index < -0.39 is 17.9 Å². The summed E-state index contributed by atoms with van der Waals surface area (Å²) < 4.78 is 9.93. The lowest BCUT2D eigenvalue weighted by Crippen LogP contribution is -2.56. The van der Waals surface area contributed by atoms with Gasteiger partial charge in [0.2, 0.25) is 0 Å². The van der Waals surface area contributed by atoms with Crippen LogP contribution in [0.15, 0.2) is 0 Å². The molecule has 1 heterocycles. The molecule has 1 aliphatic rings. The van der Waals surface area contributed by atoms with Gasteiger partial charge in [-0.25, -0.2) is 0 Å². The number of carbonyl (C=O) groups excluding carboxylic acids is 2. The zero-order valence-electron chi connectivity index (χ0n) is 11.6. The van der Waals surface area contributed by atoms with Crippen LogP contribution in [0.1, 0.15) is 27.7 Å². The Balaban J connectivity index is 2.62. The summed E-state index contributed by atoms with van der Waals surface area (Å²) in [5.74, 6) is -1.65. The van der Waals surface area contributed by atoms with Crippen LogP contribution in [0.25, 0.3) is 0 Å². The predicted octanol–water partition coefficient (Wildman–Crippen LogP) is 1.07. The molecule has 0 aromatic carbocycles. The third-order valence-corrected chi connectivity index (χ3v) is 3.22. The average molecular weight is 257 g/mol. The molecule has 0 aliphatic carbocycles. The van der Waals surface area contributed by atoms with Crippen LogP contribution in [0.3, 0.4) is 0 Å². The highest BCUT2D eigenvalue weighted by molar-refractivity contribution is 5.95. The van der Waals surface area contributed by atoms with Crippen molar-refractivity contribution in [3.63, 3.8) is 0 Å². The monoisotopic (exact) mass is 257 g/mol. The Morgan fingerprint density at radius 3 is 1.89 bits per heavy atom. The van der Waals surface area contributed by atoms with E-state index in [0.29, 0.717) is 6.04 Å². The lowest BCUT2D eigenvalue weighted by molar-refractivity contribution is -0.168. The van der Waals surface area contributed by atoms with E-state index in [9.17, 15) is 9.59 Å². The summed E-state index contributed by atoms with van der Waals surface area (Å²) in [5, 5.41) is 0. The summed E-state index contributed by atoms with van der Waals surface area (Å²) in [6, 6.07) is 0.436. The summed E-state index contributed by atoms with van der Waals surface area (Å²) in [6.45, 7) is 9.74. The van der Waals surface area contributed by atoms with Gasteiger partial charge in [0.15, 0.2) is 5.92 Å². The van der Waals surface area contributed by atoms with Gasteiger partial charge in [-0.3, -0.25) is 9.59 Å². The molecule has 1 rings (SSSR count). The molecule has 18 heavy (non-hydrogen) atoms.